The third kappa shape index (κ3) is 11.3. The van der Waals surface area contributed by atoms with Gasteiger partial charge in [0.2, 0.25) is 17.7 Å². The predicted octanol–water partition coefficient (Wildman–Crippen LogP) is 2.34. The minimum atomic E-state index is -1.58. The van der Waals surface area contributed by atoms with E-state index in [9.17, 15) is 24.6 Å². The van der Waals surface area contributed by atoms with Gasteiger partial charge in [0, 0.05) is 46.1 Å². The molecule has 0 aromatic rings. The van der Waals surface area contributed by atoms with Crippen molar-refractivity contribution in [2.45, 2.75) is 174 Å². The van der Waals surface area contributed by atoms with Crippen LogP contribution in [0.1, 0.15) is 95.4 Å². The van der Waals surface area contributed by atoms with E-state index in [1.54, 1.807) is 45.7 Å². The summed E-state index contributed by atoms with van der Waals surface area (Å²) in [5, 5.41) is 29.2. The maximum Gasteiger partial charge on any atom is 0.288 e. The number of aliphatic imine (C=N–C) groups is 1. The number of nitrogens with one attached hydrogen (secondary N) is 2. The average molecular weight is 810 g/mol. The normalized spacial score (nSPS) is 42.4. The highest BCUT2D eigenvalue weighted by Gasteiger charge is 2.54. The SMILES string of the molecule is CO[C@]1(C)C[C@H](O[C@H]2[C@H](C)[C@@H](O[C@@H]3O[C@H](C)C[C@H]4[C@H]3OC(=NC(C)C)N4C)[C@](C)(O)C[C@@H](C)CN(C)C(=O)[C@H](C=C(C)C)NC(=O)CNC(=O)[C@@H]2C)O[C@@H](C)[C@@H]1O. The van der Waals surface area contributed by atoms with Gasteiger partial charge in [-0.05, 0) is 74.1 Å². The van der Waals surface area contributed by atoms with Gasteiger partial charge in [0.15, 0.2) is 18.7 Å². The summed E-state index contributed by atoms with van der Waals surface area (Å²) in [6, 6.07) is -0.606. The first-order valence-electron chi connectivity index (χ1n) is 20.5. The Kier molecular flexibility index (Phi) is 15.6. The van der Waals surface area contributed by atoms with Gasteiger partial charge < -0.3 is 59.1 Å². The first-order chi connectivity index (χ1) is 26.5. The topological polar surface area (TPSA) is 190 Å². The molecule has 0 saturated carbocycles. The van der Waals surface area contributed by atoms with Crippen molar-refractivity contribution in [3.63, 3.8) is 0 Å². The molecule has 0 aromatic heterocycles. The molecule has 4 rings (SSSR count). The second-order valence-electron chi connectivity index (χ2n) is 18.0. The highest BCUT2D eigenvalue weighted by molar-refractivity contribution is 5.91. The van der Waals surface area contributed by atoms with E-state index in [4.69, 9.17) is 33.4 Å². The van der Waals surface area contributed by atoms with Gasteiger partial charge in [-0.3, -0.25) is 14.4 Å². The maximum atomic E-state index is 14.1. The third-order valence-corrected chi connectivity index (χ3v) is 11.8. The molecule has 0 aromatic carbocycles. The van der Waals surface area contributed by atoms with Gasteiger partial charge in [-0.1, -0.05) is 32.4 Å². The Morgan fingerprint density at radius 1 is 1.04 bits per heavy atom. The first-order valence-corrected chi connectivity index (χ1v) is 20.5. The first kappa shape index (κ1) is 46.8. The number of carbonyl (C=O) groups excluding carboxylic acids is 3. The van der Waals surface area contributed by atoms with Crippen LogP contribution in [-0.2, 0) is 42.8 Å². The van der Waals surface area contributed by atoms with Crippen LogP contribution in [0.2, 0.25) is 0 Å². The molecule has 57 heavy (non-hydrogen) atoms. The molecule has 4 saturated heterocycles. The zero-order chi connectivity index (χ0) is 42.7. The van der Waals surface area contributed by atoms with Crippen LogP contribution >= 0.6 is 0 Å². The molecule has 0 unspecified atom stereocenters. The van der Waals surface area contributed by atoms with Crippen LogP contribution in [0, 0.1) is 17.8 Å². The number of nitrogens with zero attached hydrogens (tertiary/aromatic N) is 3. The van der Waals surface area contributed by atoms with Crippen LogP contribution in [-0.4, -0.2) is 157 Å². The lowest BCUT2D eigenvalue weighted by Crippen LogP contribution is -2.60. The number of hydrogen-bond donors (Lipinski definition) is 4. The fourth-order valence-corrected chi connectivity index (χ4v) is 8.84. The van der Waals surface area contributed by atoms with Crippen molar-refractivity contribution in [2.75, 3.05) is 34.3 Å². The summed E-state index contributed by atoms with van der Waals surface area (Å²) >= 11 is 0. The molecular weight excluding hydrogens is 738 g/mol. The summed E-state index contributed by atoms with van der Waals surface area (Å²) in [5.41, 5.74) is -1.77. The number of amidine groups is 1. The average Bonchev–Trinajstić information content (AvgIpc) is 3.41. The van der Waals surface area contributed by atoms with Crippen LogP contribution in [0.4, 0.5) is 0 Å². The molecule has 0 spiro atoms. The second kappa shape index (κ2) is 19.0. The van der Waals surface area contributed by atoms with Gasteiger partial charge in [0.05, 0.1) is 54.1 Å². The zero-order valence-electron chi connectivity index (χ0n) is 36.6. The van der Waals surface area contributed by atoms with Crippen LogP contribution in [0.25, 0.3) is 0 Å². The lowest BCUT2D eigenvalue weighted by molar-refractivity contribution is -0.313. The summed E-state index contributed by atoms with van der Waals surface area (Å²) < 4.78 is 38.6. The highest BCUT2D eigenvalue weighted by atomic mass is 16.7. The Hall–Kier alpha value is -2.86. The van der Waals surface area contributed by atoms with Crippen molar-refractivity contribution < 1.29 is 53.0 Å². The molecule has 0 radical (unpaired) electrons. The van der Waals surface area contributed by atoms with Gasteiger partial charge in [-0.25, -0.2) is 4.99 Å². The number of ether oxygens (including phenoxy) is 6. The molecule has 4 N–H and O–H groups in total. The molecule has 4 aliphatic rings. The highest BCUT2D eigenvalue weighted by Crippen LogP contribution is 2.40. The fraction of sp³-hybridized carbons (Fsp3) is 0.854. The Morgan fingerprint density at radius 2 is 1.70 bits per heavy atom. The van der Waals surface area contributed by atoms with Gasteiger partial charge in [-0.2, -0.15) is 0 Å². The van der Waals surface area contributed by atoms with E-state index in [0.717, 1.165) is 5.57 Å². The van der Waals surface area contributed by atoms with Crippen molar-refractivity contribution >= 4 is 23.7 Å². The largest absolute Gasteiger partial charge is 0.454 e. The van der Waals surface area contributed by atoms with E-state index in [0.29, 0.717) is 12.4 Å². The number of aliphatic hydroxyl groups is 2. The number of amides is 3. The quantitative estimate of drug-likeness (QED) is 0.275. The Balaban J connectivity index is 1.80. The summed E-state index contributed by atoms with van der Waals surface area (Å²) in [4.78, 5) is 49.3. The molecule has 16 nitrogen and oxygen atoms in total. The number of rotatable bonds is 7. The van der Waals surface area contributed by atoms with Crippen molar-refractivity contribution in [3.05, 3.63) is 11.6 Å². The summed E-state index contributed by atoms with van der Waals surface area (Å²) in [5.74, 6) is -3.27. The maximum absolute atomic E-state index is 14.1. The summed E-state index contributed by atoms with van der Waals surface area (Å²) in [6.07, 6.45) is -3.62. The second-order valence-corrected chi connectivity index (χ2v) is 18.0. The van der Waals surface area contributed by atoms with Crippen molar-refractivity contribution in [2.24, 2.45) is 22.7 Å². The molecule has 0 bridgehead atoms. The van der Waals surface area contributed by atoms with E-state index in [-0.39, 0.29) is 49.4 Å². The summed E-state index contributed by atoms with van der Waals surface area (Å²) in [7, 11) is 5.12. The molecule has 4 fully saturated rings. The number of fused-ring (bicyclic) bond motifs is 1. The smallest absolute Gasteiger partial charge is 0.288 e. The van der Waals surface area contributed by atoms with Gasteiger partial charge in [0.1, 0.15) is 12.1 Å². The lowest BCUT2D eigenvalue weighted by atomic mass is 9.77. The van der Waals surface area contributed by atoms with Crippen LogP contribution in [0.3, 0.4) is 0 Å². The van der Waals surface area contributed by atoms with E-state index in [1.165, 1.54) is 7.11 Å². The Bertz CT molecular complexity index is 1470. The molecule has 16 heteroatoms. The number of likely N-dealkylation sites (N-methyl/N-ethyl adjacent to an activating group) is 2. The molecule has 4 aliphatic heterocycles. The van der Waals surface area contributed by atoms with E-state index >= 15 is 0 Å². The number of hydrogen-bond acceptors (Lipinski definition) is 12. The standard InChI is InChI=1S/C41H71N5O11/c1-21(2)15-28-37(50)45(12)20-23(5)17-40(10,51)35(57-38-33-29(16-24(6)53-38)46(13)39(56-33)43-22(3)4)25(7)32(26(8)36(49)42-19-30(47)44-28)55-31-18-41(11,52-14)34(48)27(9)54-31/h15,22-29,31-35,38,48,51H,16-20H2,1-14H3,(H,42,49)(H,44,47)/t23-,24-,25+,26-,27+,28+,29+,31+,32+,33-,34+,35-,38+,40-,41-/m1/s1. The Labute approximate surface area is 339 Å². The molecule has 15 atom stereocenters. The zero-order valence-corrected chi connectivity index (χ0v) is 36.6. The number of aliphatic hydroxyl groups excluding tert-OH is 1. The van der Waals surface area contributed by atoms with Gasteiger partial charge in [0.25, 0.3) is 6.02 Å². The van der Waals surface area contributed by atoms with E-state index in [1.807, 2.05) is 60.4 Å². The van der Waals surface area contributed by atoms with Crippen LogP contribution < -0.4 is 10.6 Å². The fourth-order valence-electron chi connectivity index (χ4n) is 8.84. The molecular formula is C41H71N5O11. The predicted molar refractivity (Wildman–Crippen MR) is 213 cm³/mol. The van der Waals surface area contributed by atoms with Crippen molar-refractivity contribution in [1.82, 2.24) is 20.4 Å². The molecule has 3 amide bonds. The third-order valence-electron chi connectivity index (χ3n) is 11.8. The number of methoxy groups -OCH3 is 1. The van der Waals surface area contributed by atoms with Crippen LogP contribution in [0.5, 0.6) is 0 Å². The van der Waals surface area contributed by atoms with Crippen molar-refractivity contribution in [1.29, 1.82) is 0 Å². The lowest BCUT2D eigenvalue weighted by Gasteiger charge is -2.48. The van der Waals surface area contributed by atoms with Crippen molar-refractivity contribution in [3.8, 4) is 0 Å². The number of carbonyl (C=O) groups is 3. The minimum absolute atomic E-state index is 0.0135. The van der Waals surface area contributed by atoms with Gasteiger partial charge >= 0.3 is 0 Å². The Morgan fingerprint density at radius 3 is 2.32 bits per heavy atom. The van der Waals surface area contributed by atoms with E-state index in [2.05, 4.69) is 10.6 Å². The number of allylic oxidation sites excluding steroid dienone is 1. The van der Waals surface area contributed by atoms with E-state index < -0.39 is 90.5 Å². The minimum Gasteiger partial charge on any atom is -0.454 e. The molecule has 4 heterocycles. The molecule has 326 valence electrons. The summed E-state index contributed by atoms with van der Waals surface area (Å²) in [6.45, 7) is 20.1. The monoisotopic (exact) mass is 810 g/mol. The van der Waals surface area contributed by atoms with Gasteiger partial charge in [-0.15, -0.1) is 0 Å². The van der Waals surface area contributed by atoms with Crippen LogP contribution in [0.15, 0.2) is 16.6 Å². The molecule has 0 aliphatic carbocycles.